The molecule has 0 aromatic rings. The molecule has 114 valence electrons. The first-order valence-electron chi connectivity index (χ1n) is 6.90. The maximum absolute atomic E-state index is 5.70. The van der Waals surface area contributed by atoms with Crippen LogP contribution in [0.25, 0.3) is 0 Å². The van der Waals surface area contributed by atoms with Crippen molar-refractivity contribution in [3.8, 4) is 0 Å². The van der Waals surface area contributed by atoms with Gasteiger partial charge in [-0.1, -0.05) is 19.9 Å². The molecule has 1 atom stereocenters. The van der Waals surface area contributed by atoms with Gasteiger partial charge in [0.1, 0.15) is 0 Å². The Labute approximate surface area is 135 Å². The van der Waals surface area contributed by atoms with Crippen molar-refractivity contribution in [1.29, 1.82) is 0 Å². The van der Waals surface area contributed by atoms with Crippen LogP contribution in [-0.4, -0.2) is 38.3 Å². The molecule has 0 aromatic carbocycles. The molecule has 19 heavy (non-hydrogen) atoms. The molecule has 0 rings (SSSR count). The first-order chi connectivity index (χ1) is 8.65. The summed E-state index contributed by atoms with van der Waals surface area (Å²) < 4.78 is 5.70. The number of hydrogen-bond donors (Lipinski definition) is 2. The Morgan fingerprint density at radius 1 is 1.32 bits per heavy atom. The smallest absolute Gasteiger partial charge is 0.191 e. The number of halogens is 1. The molecule has 0 aliphatic rings. The number of nitrogens with one attached hydrogen (secondary N) is 2. The minimum Gasteiger partial charge on any atom is -0.378 e. The van der Waals surface area contributed by atoms with Gasteiger partial charge in [-0.05, 0) is 26.2 Å². The molecule has 4 nitrogen and oxygen atoms in total. The third-order valence-corrected chi connectivity index (χ3v) is 2.57. The predicted molar refractivity (Wildman–Crippen MR) is 94.5 cm³/mol. The standard InChI is InChI=1S/C14H29N3O.HI/c1-6-10-16-14(15-7-2)17-11-9-13(12(4)5)18-8-3;/h6,12-13H,1,7-11H2,2-5H3,(H2,15,16,17);1H. The zero-order chi connectivity index (χ0) is 13.8. The van der Waals surface area contributed by atoms with E-state index in [-0.39, 0.29) is 24.0 Å². The topological polar surface area (TPSA) is 45.7 Å². The molecule has 0 radical (unpaired) electrons. The van der Waals surface area contributed by atoms with Crippen LogP contribution < -0.4 is 10.6 Å². The van der Waals surface area contributed by atoms with Gasteiger partial charge < -0.3 is 15.4 Å². The second-order valence-corrected chi connectivity index (χ2v) is 4.46. The van der Waals surface area contributed by atoms with Crippen LogP contribution in [-0.2, 0) is 4.74 Å². The fraction of sp³-hybridized carbons (Fsp3) is 0.786. The first-order valence-corrected chi connectivity index (χ1v) is 6.90. The average Bonchev–Trinajstić information content (AvgIpc) is 2.34. The van der Waals surface area contributed by atoms with Gasteiger partial charge in [-0.15, -0.1) is 30.6 Å². The van der Waals surface area contributed by atoms with Crippen molar-refractivity contribution in [2.24, 2.45) is 10.9 Å². The lowest BCUT2D eigenvalue weighted by molar-refractivity contribution is 0.0266. The van der Waals surface area contributed by atoms with E-state index >= 15 is 0 Å². The molecule has 0 saturated carbocycles. The highest BCUT2D eigenvalue weighted by atomic mass is 127. The second kappa shape index (κ2) is 14.1. The van der Waals surface area contributed by atoms with Gasteiger partial charge in [0.2, 0.25) is 0 Å². The molecule has 0 fully saturated rings. The van der Waals surface area contributed by atoms with Gasteiger partial charge in [-0.25, -0.2) is 0 Å². The highest BCUT2D eigenvalue weighted by Crippen LogP contribution is 2.10. The van der Waals surface area contributed by atoms with Gasteiger partial charge in [0.05, 0.1) is 6.10 Å². The van der Waals surface area contributed by atoms with Gasteiger partial charge in [0.25, 0.3) is 0 Å². The Balaban J connectivity index is 0. The van der Waals surface area contributed by atoms with Crippen molar-refractivity contribution in [3.05, 3.63) is 12.7 Å². The van der Waals surface area contributed by atoms with Crippen molar-refractivity contribution in [3.63, 3.8) is 0 Å². The summed E-state index contributed by atoms with van der Waals surface area (Å²) in [5.74, 6) is 1.38. The molecular formula is C14H30IN3O. The van der Waals surface area contributed by atoms with Crippen molar-refractivity contribution in [2.75, 3.05) is 26.2 Å². The maximum atomic E-state index is 5.70. The zero-order valence-corrected chi connectivity index (χ0v) is 15.1. The molecule has 0 saturated heterocycles. The Morgan fingerprint density at radius 2 is 2.00 bits per heavy atom. The molecule has 2 N–H and O–H groups in total. The molecule has 0 aliphatic carbocycles. The molecule has 0 aromatic heterocycles. The van der Waals surface area contributed by atoms with E-state index in [0.717, 1.165) is 38.6 Å². The van der Waals surface area contributed by atoms with Crippen LogP contribution in [0.15, 0.2) is 17.6 Å². The molecule has 0 amide bonds. The Kier molecular flexibility index (Phi) is 15.6. The summed E-state index contributed by atoms with van der Waals surface area (Å²) in [4.78, 5) is 4.52. The van der Waals surface area contributed by atoms with E-state index < -0.39 is 0 Å². The van der Waals surface area contributed by atoms with Crippen molar-refractivity contribution >= 4 is 29.9 Å². The van der Waals surface area contributed by atoms with E-state index in [0.29, 0.717) is 12.0 Å². The summed E-state index contributed by atoms with van der Waals surface area (Å²) in [6.07, 6.45) is 3.07. The van der Waals surface area contributed by atoms with Crippen LogP contribution in [0.2, 0.25) is 0 Å². The minimum atomic E-state index is 0. The number of rotatable bonds is 9. The van der Waals surface area contributed by atoms with Crippen LogP contribution in [0.3, 0.4) is 0 Å². The van der Waals surface area contributed by atoms with E-state index in [1.165, 1.54) is 0 Å². The number of hydrogen-bond acceptors (Lipinski definition) is 2. The second-order valence-electron chi connectivity index (χ2n) is 4.46. The first kappa shape index (κ1) is 21.0. The molecule has 1 unspecified atom stereocenters. The van der Waals surface area contributed by atoms with Gasteiger partial charge in [0, 0.05) is 26.2 Å². The van der Waals surface area contributed by atoms with Crippen LogP contribution in [0.5, 0.6) is 0 Å². The van der Waals surface area contributed by atoms with E-state index in [9.17, 15) is 0 Å². The Hall–Kier alpha value is -0.300. The average molecular weight is 383 g/mol. The van der Waals surface area contributed by atoms with Crippen LogP contribution >= 0.6 is 24.0 Å². The van der Waals surface area contributed by atoms with Crippen LogP contribution in [0, 0.1) is 5.92 Å². The summed E-state index contributed by atoms with van der Waals surface area (Å²) in [5.41, 5.74) is 0. The van der Waals surface area contributed by atoms with Gasteiger partial charge in [-0.2, -0.15) is 0 Å². The maximum Gasteiger partial charge on any atom is 0.191 e. The fourth-order valence-corrected chi connectivity index (χ4v) is 1.64. The lowest BCUT2D eigenvalue weighted by Crippen LogP contribution is -2.37. The fourth-order valence-electron chi connectivity index (χ4n) is 1.64. The largest absolute Gasteiger partial charge is 0.378 e. The summed E-state index contributed by atoms with van der Waals surface area (Å²) >= 11 is 0. The summed E-state index contributed by atoms with van der Waals surface area (Å²) in [6, 6.07) is 0. The lowest BCUT2D eigenvalue weighted by Gasteiger charge is -2.20. The molecule has 0 bridgehead atoms. The van der Waals surface area contributed by atoms with Crippen LogP contribution in [0.1, 0.15) is 34.1 Å². The number of guanidine groups is 1. The van der Waals surface area contributed by atoms with Gasteiger partial charge in [0.15, 0.2) is 5.96 Å². The Bertz CT molecular complexity index is 245. The molecule has 0 aliphatic heterocycles. The molecule has 5 heteroatoms. The predicted octanol–water partition coefficient (Wildman–Crippen LogP) is 2.80. The number of aliphatic imine (C=N–C) groups is 1. The summed E-state index contributed by atoms with van der Waals surface area (Å²) in [7, 11) is 0. The normalized spacial score (nSPS) is 12.8. The summed E-state index contributed by atoms with van der Waals surface area (Å²) in [6.45, 7) is 15.3. The van der Waals surface area contributed by atoms with Crippen molar-refractivity contribution in [1.82, 2.24) is 10.6 Å². The SMILES string of the molecule is C=CCNC(=NCCC(OCC)C(C)C)NCC.I. The summed E-state index contributed by atoms with van der Waals surface area (Å²) in [5, 5.41) is 6.39. The Morgan fingerprint density at radius 3 is 2.47 bits per heavy atom. The third kappa shape index (κ3) is 11.2. The number of nitrogens with zero attached hydrogens (tertiary/aromatic N) is 1. The van der Waals surface area contributed by atoms with Crippen LogP contribution in [0.4, 0.5) is 0 Å². The van der Waals surface area contributed by atoms with E-state index in [1.807, 2.05) is 13.0 Å². The van der Waals surface area contributed by atoms with Gasteiger partial charge >= 0.3 is 0 Å². The highest BCUT2D eigenvalue weighted by Gasteiger charge is 2.12. The molecule has 0 spiro atoms. The van der Waals surface area contributed by atoms with Crippen molar-refractivity contribution in [2.45, 2.75) is 40.2 Å². The lowest BCUT2D eigenvalue weighted by atomic mass is 10.0. The van der Waals surface area contributed by atoms with Crippen molar-refractivity contribution < 1.29 is 4.74 Å². The highest BCUT2D eigenvalue weighted by molar-refractivity contribution is 14.0. The number of ether oxygens (including phenoxy) is 1. The van der Waals surface area contributed by atoms with Gasteiger partial charge in [-0.3, -0.25) is 4.99 Å². The monoisotopic (exact) mass is 383 g/mol. The quantitative estimate of drug-likeness (QED) is 0.279. The van der Waals surface area contributed by atoms with E-state index in [2.05, 4.69) is 43.0 Å². The van der Waals surface area contributed by atoms with E-state index in [1.54, 1.807) is 0 Å². The molecule has 0 heterocycles. The third-order valence-electron chi connectivity index (χ3n) is 2.57. The minimum absolute atomic E-state index is 0. The zero-order valence-electron chi connectivity index (χ0n) is 12.7. The van der Waals surface area contributed by atoms with E-state index in [4.69, 9.17) is 4.74 Å². The molecular weight excluding hydrogens is 353 g/mol.